The van der Waals surface area contributed by atoms with Gasteiger partial charge in [0.25, 0.3) is 0 Å². The normalized spacial score (nSPS) is 11.4. The number of hydrogen-bond acceptors (Lipinski definition) is 0. The molecule has 0 atom stereocenters. The average Bonchev–Trinajstić information content (AvgIpc) is 2.76. The molecule has 2 aromatic carbocycles. The predicted molar refractivity (Wildman–Crippen MR) is 74.6 cm³/mol. The van der Waals surface area contributed by atoms with Crippen molar-refractivity contribution in [3.63, 3.8) is 0 Å². The number of aryl methyl sites for hydroxylation is 2. The van der Waals surface area contributed by atoms with Crippen molar-refractivity contribution in [2.24, 2.45) is 0 Å². The summed E-state index contributed by atoms with van der Waals surface area (Å²) in [5.74, 6) is 0. The first kappa shape index (κ1) is 10.4. The third kappa shape index (κ3) is 1.46. The number of hydrogen-bond donors (Lipinski definition) is 1. The van der Waals surface area contributed by atoms with Crippen LogP contribution in [0, 0.1) is 0 Å². The van der Waals surface area contributed by atoms with E-state index in [1.54, 1.807) is 0 Å². The van der Waals surface area contributed by atoms with Crippen LogP contribution >= 0.6 is 0 Å². The molecule has 3 aromatic rings. The second kappa shape index (κ2) is 3.92. The van der Waals surface area contributed by atoms with E-state index in [1.165, 1.54) is 32.9 Å². The molecule has 3 rings (SSSR count). The molecule has 1 heteroatoms. The number of benzene rings is 2. The lowest BCUT2D eigenvalue weighted by Gasteiger charge is -2.02. The molecular weight excluding hydrogens is 206 g/mol. The molecule has 0 aliphatic carbocycles. The largest absolute Gasteiger partial charge is 0.358 e. The second-order valence-corrected chi connectivity index (χ2v) is 4.50. The van der Waals surface area contributed by atoms with Crippen molar-refractivity contribution in [1.82, 2.24) is 4.98 Å². The van der Waals surface area contributed by atoms with Crippen LogP contribution in [0.4, 0.5) is 0 Å². The van der Waals surface area contributed by atoms with Crippen LogP contribution in [0.15, 0.2) is 36.4 Å². The highest BCUT2D eigenvalue weighted by Gasteiger charge is 2.10. The SMILES string of the molecule is CCc1[nH]c2ccc3ccccc3c2c1CC. The van der Waals surface area contributed by atoms with Crippen LogP contribution in [0.3, 0.4) is 0 Å². The number of H-pyrrole nitrogens is 1. The Labute approximate surface area is 101 Å². The van der Waals surface area contributed by atoms with E-state index in [9.17, 15) is 0 Å². The quantitative estimate of drug-likeness (QED) is 0.660. The first-order chi connectivity index (χ1) is 8.35. The number of rotatable bonds is 2. The summed E-state index contributed by atoms with van der Waals surface area (Å²) in [5, 5.41) is 4.12. The minimum atomic E-state index is 1.08. The first-order valence-corrected chi connectivity index (χ1v) is 6.36. The molecule has 0 aliphatic heterocycles. The van der Waals surface area contributed by atoms with Gasteiger partial charge in [0.2, 0.25) is 0 Å². The molecule has 0 amide bonds. The third-order valence-corrected chi connectivity index (χ3v) is 3.59. The molecule has 1 aromatic heterocycles. The van der Waals surface area contributed by atoms with E-state index in [1.807, 2.05) is 0 Å². The van der Waals surface area contributed by atoms with Gasteiger partial charge in [-0.25, -0.2) is 0 Å². The second-order valence-electron chi connectivity index (χ2n) is 4.50. The molecule has 0 saturated carbocycles. The maximum absolute atomic E-state index is 3.56. The van der Waals surface area contributed by atoms with E-state index >= 15 is 0 Å². The maximum Gasteiger partial charge on any atom is 0.0465 e. The van der Waals surface area contributed by atoms with Crippen molar-refractivity contribution < 1.29 is 0 Å². The highest BCUT2D eigenvalue weighted by atomic mass is 14.7. The minimum absolute atomic E-state index is 1.08. The molecule has 86 valence electrons. The Morgan fingerprint density at radius 2 is 1.76 bits per heavy atom. The lowest BCUT2D eigenvalue weighted by Crippen LogP contribution is -1.86. The monoisotopic (exact) mass is 223 g/mol. The Kier molecular flexibility index (Phi) is 2.40. The van der Waals surface area contributed by atoms with Crippen LogP contribution in [-0.4, -0.2) is 4.98 Å². The molecule has 0 unspecified atom stereocenters. The molecule has 17 heavy (non-hydrogen) atoms. The molecule has 0 radical (unpaired) electrons. The van der Waals surface area contributed by atoms with Gasteiger partial charge in [-0.3, -0.25) is 0 Å². The van der Waals surface area contributed by atoms with Crippen molar-refractivity contribution in [3.8, 4) is 0 Å². The van der Waals surface area contributed by atoms with Gasteiger partial charge >= 0.3 is 0 Å². The van der Waals surface area contributed by atoms with Gasteiger partial charge in [0.15, 0.2) is 0 Å². The van der Waals surface area contributed by atoms with Crippen LogP contribution < -0.4 is 0 Å². The maximum atomic E-state index is 3.56. The summed E-state index contributed by atoms with van der Waals surface area (Å²) in [6.45, 7) is 4.45. The molecule has 0 saturated heterocycles. The topological polar surface area (TPSA) is 15.8 Å². The van der Waals surface area contributed by atoms with Crippen molar-refractivity contribution in [1.29, 1.82) is 0 Å². The van der Waals surface area contributed by atoms with Gasteiger partial charge in [-0.1, -0.05) is 44.2 Å². The summed E-state index contributed by atoms with van der Waals surface area (Å²) in [6, 6.07) is 13.0. The van der Waals surface area contributed by atoms with Gasteiger partial charge in [-0.15, -0.1) is 0 Å². The highest BCUT2D eigenvalue weighted by molar-refractivity contribution is 6.08. The fourth-order valence-electron chi connectivity index (χ4n) is 2.78. The molecule has 0 fully saturated rings. The zero-order chi connectivity index (χ0) is 11.8. The van der Waals surface area contributed by atoms with Crippen LogP contribution in [-0.2, 0) is 12.8 Å². The van der Waals surface area contributed by atoms with Crippen LogP contribution in [0.25, 0.3) is 21.7 Å². The summed E-state index contributed by atoms with van der Waals surface area (Å²) in [7, 11) is 0. The zero-order valence-electron chi connectivity index (χ0n) is 10.4. The van der Waals surface area contributed by atoms with Crippen molar-refractivity contribution in [2.45, 2.75) is 26.7 Å². The number of nitrogens with one attached hydrogen (secondary N) is 1. The van der Waals surface area contributed by atoms with Crippen molar-refractivity contribution in [2.75, 3.05) is 0 Å². The smallest absolute Gasteiger partial charge is 0.0465 e. The van der Waals surface area contributed by atoms with Crippen LogP contribution in [0.1, 0.15) is 25.1 Å². The average molecular weight is 223 g/mol. The molecule has 1 heterocycles. The van der Waals surface area contributed by atoms with Gasteiger partial charge in [-0.2, -0.15) is 0 Å². The summed E-state index contributed by atoms with van der Waals surface area (Å²) >= 11 is 0. The van der Waals surface area contributed by atoms with Crippen LogP contribution in [0.2, 0.25) is 0 Å². The fourth-order valence-corrected chi connectivity index (χ4v) is 2.78. The van der Waals surface area contributed by atoms with E-state index < -0.39 is 0 Å². The van der Waals surface area contributed by atoms with E-state index in [-0.39, 0.29) is 0 Å². The molecule has 0 aliphatic rings. The molecule has 0 spiro atoms. The summed E-state index contributed by atoms with van der Waals surface area (Å²) in [6.07, 6.45) is 2.17. The van der Waals surface area contributed by atoms with Gasteiger partial charge in [0.05, 0.1) is 0 Å². The van der Waals surface area contributed by atoms with Crippen molar-refractivity contribution in [3.05, 3.63) is 47.7 Å². The lowest BCUT2D eigenvalue weighted by molar-refractivity contribution is 1.01. The number of aromatic nitrogens is 1. The Morgan fingerprint density at radius 3 is 2.53 bits per heavy atom. The fraction of sp³-hybridized carbons (Fsp3) is 0.250. The van der Waals surface area contributed by atoms with E-state index in [0.717, 1.165) is 12.8 Å². The zero-order valence-corrected chi connectivity index (χ0v) is 10.4. The lowest BCUT2D eigenvalue weighted by atomic mass is 10.0. The Bertz CT molecular complexity index is 676. The predicted octanol–water partition coefficient (Wildman–Crippen LogP) is 4.45. The molecule has 0 bridgehead atoms. The number of fused-ring (bicyclic) bond motifs is 3. The van der Waals surface area contributed by atoms with E-state index in [2.05, 4.69) is 55.2 Å². The first-order valence-electron chi connectivity index (χ1n) is 6.36. The van der Waals surface area contributed by atoms with E-state index in [4.69, 9.17) is 0 Å². The van der Waals surface area contributed by atoms with E-state index in [0.29, 0.717) is 0 Å². The highest BCUT2D eigenvalue weighted by Crippen LogP contribution is 2.30. The number of aromatic amines is 1. The Morgan fingerprint density at radius 1 is 0.941 bits per heavy atom. The third-order valence-electron chi connectivity index (χ3n) is 3.59. The van der Waals surface area contributed by atoms with Crippen LogP contribution in [0.5, 0.6) is 0 Å². The van der Waals surface area contributed by atoms with Gasteiger partial charge in [0.1, 0.15) is 0 Å². The Hall–Kier alpha value is -1.76. The molecule has 1 nitrogen and oxygen atoms in total. The summed E-state index contributed by atoms with van der Waals surface area (Å²) in [4.78, 5) is 3.56. The van der Waals surface area contributed by atoms with Gasteiger partial charge in [0, 0.05) is 16.6 Å². The summed E-state index contributed by atoms with van der Waals surface area (Å²) in [5.41, 5.74) is 4.15. The molecular formula is C16H17N. The minimum Gasteiger partial charge on any atom is -0.358 e. The Balaban J connectivity index is 2.51. The standard InChI is InChI=1S/C16H17N/c1-3-12-14(4-2)17-15-10-9-11-7-5-6-8-13(11)16(12)15/h5-10,17H,3-4H2,1-2H3. The van der Waals surface area contributed by atoms with Gasteiger partial charge < -0.3 is 4.98 Å². The van der Waals surface area contributed by atoms with Gasteiger partial charge in [-0.05, 0) is 35.2 Å². The molecule has 1 N–H and O–H groups in total. The van der Waals surface area contributed by atoms with Crippen molar-refractivity contribution >= 4 is 21.7 Å². The summed E-state index contributed by atoms with van der Waals surface area (Å²) < 4.78 is 0.